The van der Waals surface area contributed by atoms with E-state index >= 15 is 0 Å². The van der Waals surface area contributed by atoms with Crippen molar-refractivity contribution in [1.82, 2.24) is 9.88 Å². The van der Waals surface area contributed by atoms with Crippen LogP contribution in [0.5, 0.6) is 5.75 Å². The van der Waals surface area contributed by atoms with E-state index in [0.29, 0.717) is 29.7 Å². The van der Waals surface area contributed by atoms with Crippen LogP contribution in [0.2, 0.25) is 0 Å². The van der Waals surface area contributed by atoms with E-state index < -0.39 is 11.5 Å². The Morgan fingerprint density at radius 1 is 1.04 bits per heavy atom. The summed E-state index contributed by atoms with van der Waals surface area (Å²) < 4.78 is 2.09. The van der Waals surface area contributed by atoms with E-state index in [1.807, 2.05) is 53.2 Å². The van der Waals surface area contributed by atoms with Gasteiger partial charge < -0.3 is 15.0 Å². The van der Waals surface area contributed by atoms with E-state index in [9.17, 15) is 14.7 Å². The van der Waals surface area contributed by atoms with Gasteiger partial charge in [-0.2, -0.15) is 0 Å². The average molecular weight is 411 g/mol. The van der Waals surface area contributed by atoms with E-state index in [1.54, 1.807) is 22.0 Å². The van der Waals surface area contributed by atoms with Gasteiger partial charge in [0.15, 0.2) is 5.75 Å². The van der Waals surface area contributed by atoms with Gasteiger partial charge >= 0.3 is 0 Å². The van der Waals surface area contributed by atoms with Crippen molar-refractivity contribution in [2.24, 2.45) is 0 Å². The molecular formula is C21H18N2O3S2. The molecule has 2 N–H and O–H groups in total. The molecule has 0 spiro atoms. The molecule has 0 saturated heterocycles. The summed E-state index contributed by atoms with van der Waals surface area (Å²) in [5, 5.41) is 17.2. The summed E-state index contributed by atoms with van der Waals surface area (Å²) >= 11 is 2.93. The van der Waals surface area contributed by atoms with Crippen LogP contribution in [-0.4, -0.2) is 22.1 Å². The first-order valence-corrected chi connectivity index (χ1v) is 10.6. The SMILES string of the molecule is O=C(NCCc1cccs1)c1c(O)c2sccc2n(Cc2ccccc2)c1=O. The van der Waals surface area contributed by atoms with E-state index in [1.165, 1.54) is 11.3 Å². The standard InChI is InChI=1S/C21H18N2O3S2/c24-18-17(20(25)22-10-8-15-7-4-11-27-15)21(26)23(16-9-12-28-19(16)18)13-14-5-2-1-3-6-14/h1-7,9,11-12,24H,8,10,13H2,(H,22,25). The number of aromatic hydroxyl groups is 1. The van der Waals surface area contributed by atoms with Crippen LogP contribution in [0.3, 0.4) is 0 Å². The first-order valence-electron chi connectivity index (χ1n) is 8.82. The number of pyridine rings is 1. The van der Waals surface area contributed by atoms with Crippen LogP contribution < -0.4 is 10.9 Å². The average Bonchev–Trinajstić information content (AvgIpc) is 3.38. The molecule has 142 valence electrons. The van der Waals surface area contributed by atoms with Gasteiger partial charge in [0.2, 0.25) is 0 Å². The predicted molar refractivity (Wildman–Crippen MR) is 114 cm³/mol. The predicted octanol–water partition coefficient (Wildman–Crippen LogP) is 3.85. The number of hydrogen-bond donors (Lipinski definition) is 2. The first-order chi connectivity index (χ1) is 13.6. The van der Waals surface area contributed by atoms with Crippen molar-refractivity contribution in [2.45, 2.75) is 13.0 Å². The Hall–Kier alpha value is -2.90. The van der Waals surface area contributed by atoms with Gasteiger partial charge in [0.1, 0.15) is 5.56 Å². The zero-order valence-corrected chi connectivity index (χ0v) is 16.6. The maximum absolute atomic E-state index is 13.1. The lowest BCUT2D eigenvalue weighted by Gasteiger charge is -2.13. The Balaban J connectivity index is 1.67. The second-order valence-corrected chi connectivity index (χ2v) is 8.27. The second kappa shape index (κ2) is 8.00. The molecule has 0 saturated carbocycles. The van der Waals surface area contributed by atoms with Gasteiger partial charge in [-0.25, -0.2) is 0 Å². The molecule has 0 aliphatic carbocycles. The number of nitrogens with zero attached hydrogens (tertiary/aromatic N) is 1. The quantitative estimate of drug-likeness (QED) is 0.507. The van der Waals surface area contributed by atoms with Crippen LogP contribution in [0.15, 0.2) is 64.1 Å². The minimum absolute atomic E-state index is 0.197. The highest BCUT2D eigenvalue weighted by molar-refractivity contribution is 7.17. The lowest BCUT2D eigenvalue weighted by molar-refractivity contribution is 0.0949. The fraction of sp³-hybridized carbons (Fsp3) is 0.143. The highest BCUT2D eigenvalue weighted by Crippen LogP contribution is 2.31. The molecule has 28 heavy (non-hydrogen) atoms. The fourth-order valence-electron chi connectivity index (χ4n) is 3.12. The van der Waals surface area contributed by atoms with E-state index in [-0.39, 0.29) is 11.3 Å². The summed E-state index contributed by atoms with van der Waals surface area (Å²) in [7, 11) is 0. The third-order valence-corrected chi connectivity index (χ3v) is 6.34. The number of fused-ring (bicyclic) bond motifs is 1. The molecule has 3 heterocycles. The lowest BCUT2D eigenvalue weighted by atomic mass is 10.1. The van der Waals surface area contributed by atoms with Gasteiger partial charge in [-0.05, 0) is 34.9 Å². The van der Waals surface area contributed by atoms with Gasteiger partial charge in [0.25, 0.3) is 11.5 Å². The monoisotopic (exact) mass is 410 g/mol. The summed E-state index contributed by atoms with van der Waals surface area (Å²) in [6.07, 6.45) is 0.684. The van der Waals surface area contributed by atoms with Crippen molar-refractivity contribution in [3.63, 3.8) is 0 Å². The van der Waals surface area contributed by atoms with Gasteiger partial charge in [0, 0.05) is 11.4 Å². The molecular weight excluding hydrogens is 392 g/mol. The van der Waals surface area contributed by atoms with Crippen LogP contribution in [0.4, 0.5) is 0 Å². The molecule has 0 atom stereocenters. The van der Waals surface area contributed by atoms with Crippen molar-refractivity contribution >= 4 is 38.8 Å². The minimum Gasteiger partial charge on any atom is -0.505 e. The molecule has 5 nitrogen and oxygen atoms in total. The van der Waals surface area contributed by atoms with Crippen LogP contribution in [0, 0.1) is 0 Å². The molecule has 0 bridgehead atoms. The van der Waals surface area contributed by atoms with Gasteiger partial charge in [0.05, 0.1) is 16.8 Å². The molecule has 0 aliphatic heterocycles. The minimum atomic E-state index is -0.545. The largest absolute Gasteiger partial charge is 0.505 e. The Labute approximate surface area is 169 Å². The number of benzene rings is 1. The molecule has 0 unspecified atom stereocenters. The highest BCUT2D eigenvalue weighted by atomic mass is 32.1. The summed E-state index contributed by atoms with van der Waals surface area (Å²) in [6.45, 7) is 0.738. The number of carbonyl (C=O) groups excluding carboxylic acids is 1. The first kappa shape index (κ1) is 18.5. The van der Waals surface area contributed by atoms with E-state index in [0.717, 1.165) is 10.4 Å². The molecule has 0 radical (unpaired) electrons. The molecule has 4 rings (SSSR count). The summed E-state index contributed by atoms with van der Waals surface area (Å²) in [5.41, 5.74) is 0.899. The number of aromatic nitrogens is 1. The van der Waals surface area contributed by atoms with Crippen LogP contribution in [0.25, 0.3) is 10.2 Å². The topological polar surface area (TPSA) is 71.3 Å². The second-order valence-electron chi connectivity index (χ2n) is 6.32. The maximum Gasteiger partial charge on any atom is 0.268 e. The normalized spacial score (nSPS) is 11.0. The summed E-state index contributed by atoms with van der Waals surface area (Å²) in [5.74, 6) is -0.788. The van der Waals surface area contributed by atoms with Gasteiger partial charge in [-0.3, -0.25) is 9.59 Å². The van der Waals surface area contributed by atoms with Crippen molar-refractivity contribution in [1.29, 1.82) is 0 Å². The molecule has 0 fully saturated rings. The number of amides is 1. The zero-order valence-electron chi connectivity index (χ0n) is 14.9. The number of carbonyl (C=O) groups is 1. The van der Waals surface area contributed by atoms with Crippen molar-refractivity contribution in [3.05, 3.63) is 85.6 Å². The van der Waals surface area contributed by atoms with Gasteiger partial charge in [-0.15, -0.1) is 22.7 Å². The molecule has 1 amide bonds. The molecule has 1 aromatic carbocycles. The van der Waals surface area contributed by atoms with Crippen molar-refractivity contribution < 1.29 is 9.90 Å². The highest BCUT2D eigenvalue weighted by Gasteiger charge is 2.23. The number of nitrogens with one attached hydrogen (secondary N) is 1. The Kier molecular flexibility index (Phi) is 5.27. The van der Waals surface area contributed by atoms with Crippen molar-refractivity contribution in [2.75, 3.05) is 6.54 Å². The van der Waals surface area contributed by atoms with Gasteiger partial charge in [-0.1, -0.05) is 36.4 Å². The van der Waals surface area contributed by atoms with Crippen LogP contribution in [-0.2, 0) is 13.0 Å². The molecule has 0 aliphatic rings. The Morgan fingerprint density at radius 3 is 2.61 bits per heavy atom. The van der Waals surface area contributed by atoms with E-state index in [2.05, 4.69) is 5.32 Å². The zero-order chi connectivity index (χ0) is 19.5. The number of hydrogen-bond acceptors (Lipinski definition) is 5. The van der Waals surface area contributed by atoms with Crippen LogP contribution >= 0.6 is 22.7 Å². The molecule has 7 heteroatoms. The van der Waals surface area contributed by atoms with Crippen molar-refractivity contribution in [3.8, 4) is 5.75 Å². The molecule has 3 aromatic heterocycles. The summed E-state index contributed by atoms with van der Waals surface area (Å²) in [6, 6.07) is 15.3. The third kappa shape index (κ3) is 3.58. The van der Waals surface area contributed by atoms with Crippen LogP contribution in [0.1, 0.15) is 20.8 Å². The third-order valence-electron chi connectivity index (χ3n) is 4.49. The smallest absolute Gasteiger partial charge is 0.268 e. The van der Waals surface area contributed by atoms with E-state index in [4.69, 9.17) is 0 Å². The Morgan fingerprint density at radius 2 is 1.86 bits per heavy atom. The number of thiophene rings is 2. The number of rotatable bonds is 6. The Bertz CT molecular complexity index is 1160. The maximum atomic E-state index is 13.1. The molecule has 4 aromatic rings. The fourth-order valence-corrected chi connectivity index (χ4v) is 4.68. The summed E-state index contributed by atoms with van der Waals surface area (Å²) in [4.78, 5) is 26.9. The lowest BCUT2D eigenvalue weighted by Crippen LogP contribution is -2.34.